The predicted octanol–water partition coefficient (Wildman–Crippen LogP) is 5.12. The largest absolute Gasteiger partial charge is 0.342 e. The number of nitrogens with zero attached hydrogens (tertiary/aromatic N) is 2. The van der Waals surface area contributed by atoms with E-state index in [-0.39, 0.29) is 41.9 Å². The Bertz CT molecular complexity index is 1410. The summed E-state index contributed by atoms with van der Waals surface area (Å²) in [4.78, 5) is 54.5. The minimum absolute atomic E-state index is 0.0277. The number of rotatable bonds is 9. The van der Waals surface area contributed by atoms with Crippen LogP contribution in [0.4, 0.5) is 11.4 Å². The topological polar surface area (TPSA) is 98.8 Å². The highest BCUT2D eigenvalue weighted by molar-refractivity contribution is 5.97. The standard InChI is InChI=1S/C34H38N4O4/c1-37(23-25-7-3-2-4-8-25)33(41)28-11-6-12-30(22-28)35-31(39)21-24-13-15-29(16-14-24)36-32(40)26-17-19-38(20-18-26)34(42)27-9-5-10-27/h2-4,6-8,11-16,22,26-27H,5,9-10,17-21,23H2,1H3,(H,35,39)(H,36,40). The van der Waals surface area contributed by atoms with Crippen molar-refractivity contribution in [2.75, 3.05) is 30.8 Å². The number of carbonyl (C=O) groups excluding carboxylic acids is 4. The van der Waals surface area contributed by atoms with E-state index in [0.717, 1.165) is 30.4 Å². The number of nitrogens with one attached hydrogen (secondary N) is 2. The van der Waals surface area contributed by atoms with Gasteiger partial charge in [-0.1, -0.05) is 55.0 Å². The smallest absolute Gasteiger partial charge is 0.253 e. The Labute approximate surface area is 247 Å². The second kappa shape index (κ2) is 13.5. The third-order valence-electron chi connectivity index (χ3n) is 8.22. The van der Waals surface area contributed by atoms with Crippen LogP contribution in [0.1, 0.15) is 53.6 Å². The molecule has 0 aromatic heterocycles. The van der Waals surface area contributed by atoms with Gasteiger partial charge in [-0.05, 0) is 67.1 Å². The molecular weight excluding hydrogens is 528 g/mol. The number of hydrogen-bond donors (Lipinski definition) is 2. The van der Waals surface area contributed by atoms with Gasteiger partial charge >= 0.3 is 0 Å². The molecule has 0 atom stereocenters. The summed E-state index contributed by atoms with van der Waals surface area (Å²) in [6, 6.07) is 24.0. The van der Waals surface area contributed by atoms with Crippen LogP contribution in [0.3, 0.4) is 0 Å². The number of amides is 4. The average Bonchev–Trinajstić information content (AvgIpc) is 2.97. The summed E-state index contributed by atoms with van der Waals surface area (Å²) in [5.41, 5.74) is 3.59. The molecular formula is C34H38N4O4. The Morgan fingerprint density at radius 1 is 0.762 bits per heavy atom. The molecule has 0 radical (unpaired) electrons. The van der Waals surface area contributed by atoms with E-state index in [0.29, 0.717) is 49.4 Å². The Balaban J connectivity index is 1.08. The Morgan fingerprint density at radius 2 is 1.48 bits per heavy atom. The molecule has 0 bridgehead atoms. The van der Waals surface area contributed by atoms with Crippen LogP contribution >= 0.6 is 0 Å². The first-order chi connectivity index (χ1) is 20.4. The van der Waals surface area contributed by atoms with Crippen molar-refractivity contribution in [3.63, 3.8) is 0 Å². The summed E-state index contributed by atoms with van der Waals surface area (Å²) in [5.74, 6) is -0.00541. The molecule has 5 rings (SSSR count). The van der Waals surface area contributed by atoms with Crippen LogP contribution in [0.5, 0.6) is 0 Å². The Kier molecular flexibility index (Phi) is 9.31. The lowest BCUT2D eigenvalue weighted by Gasteiger charge is -2.36. The molecule has 3 aromatic rings. The summed E-state index contributed by atoms with van der Waals surface area (Å²) in [5, 5.41) is 5.87. The fraction of sp³-hybridized carbons (Fsp3) is 0.353. The number of anilines is 2. The van der Waals surface area contributed by atoms with Crippen molar-refractivity contribution in [3.05, 3.63) is 95.6 Å². The van der Waals surface area contributed by atoms with Crippen LogP contribution in [-0.2, 0) is 27.3 Å². The van der Waals surface area contributed by atoms with Crippen molar-refractivity contribution in [3.8, 4) is 0 Å². The third-order valence-corrected chi connectivity index (χ3v) is 8.22. The zero-order chi connectivity index (χ0) is 29.5. The summed E-state index contributed by atoms with van der Waals surface area (Å²) in [6.45, 7) is 1.78. The first-order valence-corrected chi connectivity index (χ1v) is 14.7. The van der Waals surface area contributed by atoms with Gasteiger partial charge in [-0.15, -0.1) is 0 Å². The maximum absolute atomic E-state index is 12.9. The fourth-order valence-corrected chi connectivity index (χ4v) is 5.50. The maximum atomic E-state index is 12.9. The van der Waals surface area contributed by atoms with Crippen LogP contribution in [0.2, 0.25) is 0 Å². The van der Waals surface area contributed by atoms with E-state index in [9.17, 15) is 19.2 Å². The van der Waals surface area contributed by atoms with Crippen LogP contribution < -0.4 is 10.6 Å². The molecule has 42 heavy (non-hydrogen) atoms. The fourth-order valence-electron chi connectivity index (χ4n) is 5.50. The molecule has 1 saturated carbocycles. The minimum Gasteiger partial charge on any atom is -0.342 e. The van der Waals surface area contributed by atoms with Crippen LogP contribution in [-0.4, -0.2) is 53.6 Å². The summed E-state index contributed by atoms with van der Waals surface area (Å²) in [6.07, 6.45) is 4.66. The first kappa shape index (κ1) is 29.0. The van der Waals surface area contributed by atoms with Gasteiger partial charge in [-0.25, -0.2) is 0 Å². The van der Waals surface area contributed by atoms with Crippen LogP contribution in [0.15, 0.2) is 78.9 Å². The van der Waals surface area contributed by atoms with Gasteiger partial charge in [0.1, 0.15) is 0 Å². The van der Waals surface area contributed by atoms with Crippen molar-refractivity contribution >= 4 is 35.0 Å². The van der Waals surface area contributed by atoms with Crippen molar-refractivity contribution in [2.45, 2.75) is 45.1 Å². The van der Waals surface area contributed by atoms with E-state index in [1.54, 1.807) is 48.3 Å². The predicted molar refractivity (Wildman–Crippen MR) is 163 cm³/mol. The van der Waals surface area contributed by atoms with Gasteiger partial charge in [0, 0.05) is 55.5 Å². The second-order valence-corrected chi connectivity index (χ2v) is 11.4. The van der Waals surface area contributed by atoms with E-state index >= 15 is 0 Å². The molecule has 2 aliphatic rings. The highest BCUT2D eigenvalue weighted by atomic mass is 16.2. The van der Waals surface area contributed by atoms with E-state index < -0.39 is 0 Å². The number of hydrogen-bond acceptors (Lipinski definition) is 4. The Morgan fingerprint density at radius 3 is 2.14 bits per heavy atom. The summed E-state index contributed by atoms with van der Waals surface area (Å²) >= 11 is 0. The first-order valence-electron chi connectivity index (χ1n) is 14.7. The van der Waals surface area contributed by atoms with E-state index in [2.05, 4.69) is 10.6 Å². The zero-order valence-corrected chi connectivity index (χ0v) is 24.1. The highest BCUT2D eigenvalue weighted by Gasteiger charge is 2.33. The van der Waals surface area contributed by atoms with Gasteiger partial charge in [0.15, 0.2) is 0 Å². The number of carbonyl (C=O) groups is 4. The number of benzene rings is 3. The van der Waals surface area contributed by atoms with Crippen molar-refractivity contribution in [1.29, 1.82) is 0 Å². The van der Waals surface area contributed by atoms with Gasteiger partial charge in [-0.2, -0.15) is 0 Å². The lowest BCUT2D eigenvalue weighted by molar-refractivity contribution is -0.140. The zero-order valence-electron chi connectivity index (χ0n) is 24.1. The highest BCUT2D eigenvalue weighted by Crippen LogP contribution is 2.30. The number of likely N-dealkylation sites (tertiary alicyclic amines) is 1. The van der Waals surface area contributed by atoms with E-state index in [1.807, 2.05) is 47.4 Å². The molecule has 2 fully saturated rings. The van der Waals surface area contributed by atoms with Gasteiger partial charge in [0.2, 0.25) is 17.7 Å². The second-order valence-electron chi connectivity index (χ2n) is 11.4. The maximum Gasteiger partial charge on any atom is 0.253 e. The molecule has 8 nitrogen and oxygen atoms in total. The molecule has 0 spiro atoms. The quantitative estimate of drug-likeness (QED) is 0.376. The van der Waals surface area contributed by atoms with E-state index in [1.165, 1.54) is 0 Å². The molecule has 1 aliphatic heterocycles. The van der Waals surface area contributed by atoms with Crippen molar-refractivity contribution in [2.24, 2.45) is 11.8 Å². The molecule has 3 aromatic carbocycles. The van der Waals surface area contributed by atoms with Gasteiger partial charge in [0.25, 0.3) is 5.91 Å². The van der Waals surface area contributed by atoms with Gasteiger partial charge < -0.3 is 20.4 Å². The third kappa shape index (κ3) is 7.43. The number of piperidine rings is 1. The summed E-state index contributed by atoms with van der Waals surface area (Å²) in [7, 11) is 1.76. The molecule has 1 aliphatic carbocycles. The SMILES string of the molecule is CN(Cc1ccccc1)C(=O)c1cccc(NC(=O)Cc2ccc(NC(=O)C3CCN(C(=O)C4CCC4)CC3)cc2)c1. The molecule has 1 saturated heterocycles. The van der Waals surface area contributed by atoms with Crippen LogP contribution in [0.25, 0.3) is 0 Å². The molecule has 218 valence electrons. The normalized spacial score (nSPS) is 15.4. The molecule has 8 heteroatoms. The van der Waals surface area contributed by atoms with Crippen LogP contribution in [0, 0.1) is 11.8 Å². The van der Waals surface area contributed by atoms with Gasteiger partial charge in [-0.3, -0.25) is 19.2 Å². The lowest BCUT2D eigenvalue weighted by atomic mass is 9.83. The summed E-state index contributed by atoms with van der Waals surface area (Å²) < 4.78 is 0. The van der Waals surface area contributed by atoms with Gasteiger partial charge in [0.05, 0.1) is 6.42 Å². The molecule has 2 N–H and O–H groups in total. The Hall–Kier alpha value is -4.46. The molecule has 1 heterocycles. The van der Waals surface area contributed by atoms with E-state index in [4.69, 9.17) is 0 Å². The van der Waals surface area contributed by atoms with Crippen molar-refractivity contribution in [1.82, 2.24) is 9.80 Å². The lowest BCUT2D eigenvalue weighted by Crippen LogP contribution is -2.45. The van der Waals surface area contributed by atoms with Crippen molar-refractivity contribution < 1.29 is 19.2 Å². The monoisotopic (exact) mass is 566 g/mol. The molecule has 4 amide bonds. The molecule has 0 unspecified atom stereocenters. The minimum atomic E-state index is -0.197. The average molecular weight is 567 g/mol.